The fraction of sp³-hybridized carbons (Fsp3) is 0.533. The van der Waals surface area contributed by atoms with E-state index >= 15 is 0 Å². The van der Waals surface area contributed by atoms with Crippen molar-refractivity contribution in [3.8, 4) is 5.75 Å². The summed E-state index contributed by atoms with van der Waals surface area (Å²) in [6, 6.07) is 8.98. The van der Waals surface area contributed by atoms with Crippen LogP contribution in [0.3, 0.4) is 0 Å². The standard InChI is InChI=1S/C15H20O3/c1-15(2,11-10-12-8-9-12)18-14(16)17-13-6-4-3-5-7-13/h3-7,12H,8-11H2,1-2H3. The molecule has 0 bridgehead atoms. The van der Waals surface area contributed by atoms with E-state index in [1.165, 1.54) is 12.8 Å². The normalized spacial score (nSPS) is 15.2. The molecule has 2 rings (SSSR count). The Bertz CT molecular complexity index is 393. The molecule has 0 aromatic heterocycles. The lowest BCUT2D eigenvalue weighted by molar-refractivity contribution is 0.00229. The maximum absolute atomic E-state index is 11.6. The van der Waals surface area contributed by atoms with Gasteiger partial charge in [0.05, 0.1) is 0 Å². The van der Waals surface area contributed by atoms with Crippen LogP contribution in [0.1, 0.15) is 39.5 Å². The molecule has 0 spiro atoms. The number of benzene rings is 1. The van der Waals surface area contributed by atoms with Crippen LogP contribution >= 0.6 is 0 Å². The van der Waals surface area contributed by atoms with Crippen molar-refractivity contribution >= 4 is 6.16 Å². The largest absolute Gasteiger partial charge is 0.514 e. The number of carbonyl (C=O) groups is 1. The molecule has 1 aliphatic carbocycles. The third-order valence-electron chi connectivity index (χ3n) is 3.16. The zero-order valence-corrected chi connectivity index (χ0v) is 11.0. The first-order chi connectivity index (χ1) is 8.55. The van der Waals surface area contributed by atoms with Gasteiger partial charge in [0.25, 0.3) is 0 Å². The lowest BCUT2D eigenvalue weighted by Crippen LogP contribution is -2.29. The third-order valence-corrected chi connectivity index (χ3v) is 3.16. The SMILES string of the molecule is CC(C)(CCC1CC1)OC(=O)Oc1ccccc1. The third kappa shape index (κ3) is 4.40. The van der Waals surface area contributed by atoms with Crippen LogP contribution in [0.25, 0.3) is 0 Å². The van der Waals surface area contributed by atoms with Gasteiger partial charge < -0.3 is 9.47 Å². The minimum atomic E-state index is -0.623. The molecule has 0 saturated heterocycles. The summed E-state index contributed by atoms with van der Waals surface area (Å²) in [4.78, 5) is 11.6. The molecule has 0 unspecified atom stereocenters. The van der Waals surface area contributed by atoms with E-state index in [1.807, 2.05) is 32.0 Å². The van der Waals surface area contributed by atoms with Crippen molar-refractivity contribution < 1.29 is 14.3 Å². The van der Waals surface area contributed by atoms with Crippen molar-refractivity contribution in [1.29, 1.82) is 0 Å². The van der Waals surface area contributed by atoms with Gasteiger partial charge in [-0.3, -0.25) is 0 Å². The van der Waals surface area contributed by atoms with E-state index in [9.17, 15) is 4.79 Å². The van der Waals surface area contributed by atoms with Gasteiger partial charge in [0.2, 0.25) is 0 Å². The molecule has 0 aliphatic heterocycles. The van der Waals surface area contributed by atoms with Crippen LogP contribution in [0.4, 0.5) is 4.79 Å². The van der Waals surface area contributed by atoms with Gasteiger partial charge in [-0.15, -0.1) is 0 Å². The second-order valence-electron chi connectivity index (χ2n) is 5.51. The van der Waals surface area contributed by atoms with Gasteiger partial charge in [-0.05, 0) is 44.7 Å². The van der Waals surface area contributed by atoms with Crippen molar-refractivity contribution in [3.63, 3.8) is 0 Å². The zero-order chi connectivity index (χ0) is 13.0. The van der Waals surface area contributed by atoms with Gasteiger partial charge in [0.1, 0.15) is 11.4 Å². The molecule has 1 saturated carbocycles. The predicted octanol–water partition coefficient (Wildman–Crippen LogP) is 4.17. The van der Waals surface area contributed by atoms with E-state index in [2.05, 4.69) is 0 Å². The quantitative estimate of drug-likeness (QED) is 0.579. The Morgan fingerprint density at radius 1 is 1.28 bits per heavy atom. The molecule has 1 fully saturated rings. The summed E-state index contributed by atoms with van der Waals surface area (Å²) in [6.45, 7) is 3.86. The summed E-state index contributed by atoms with van der Waals surface area (Å²) >= 11 is 0. The topological polar surface area (TPSA) is 35.5 Å². The van der Waals surface area contributed by atoms with Crippen molar-refractivity contribution in [3.05, 3.63) is 30.3 Å². The number of carbonyl (C=O) groups excluding carboxylic acids is 1. The van der Waals surface area contributed by atoms with Crippen LogP contribution < -0.4 is 4.74 Å². The number of rotatable bonds is 5. The van der Waals surface area contributed by atoms with E-state index in [1.54, 1.807) is 12.1 Å². The van der Waals surface area contributed by atoms with Crippen LogP contribution in [0.15, 0.2) is 30.3 Å². The highest BCUT2D eigenvalue weighted by atomic mass is 16.7. The first kappa shape index (κ1) is 12.9. The molecule has 0 amide bonds. The van der Waals surface area contributed by atoms with E-state index < -0.39 is 11.8 Å². The van der Waals surface area contributed by atoms with Crippen LogP contribution in [-0.2, 0) is 4.74 Å². The summed E-state index contributed by atoms with van der Waals surface area (Å²) in [5, 5.41) is 0. The molecule has 3 heteroatoms. The smallest absolute Gasteiger partial charge is 0.428 e. The van der Waals surface area contributed by atoms with Crippen LogP contribution in [-0.4, -0.2) is 11.8 Å². The molecule has 1 aromatic carbocycles. The maximum atomic E-state index is 11.6. The molecule has 0 heterocycles. The molecule has 0 N–H and O–H groups in total. The first-order valence-corrected chi connectivity index (χ1v) is 6.51. The van der Waals surface area contributed by atoms with Gasteiger partial charge in [-0.2, -0.15) is 0 Å². The first-order valence-electron chi connectivity index (χ1n) is 6.51. The van der Waals surface area contributed by atoms with E-state index in [0.717, 1.165) is 18.8 Å². The van der Waals surface area contributed by atoms with Gasteiger partial charge in [0, 0.05) is 0 Å². The van der Waals surface area contributed by atoms with Crippen molar-refractivity contribution in [2.45, 2.75) is 45.1 Å². The average Bonchev–Trinajstić information content (AvgIpc) is 3.10. The highest BCUT2D eigenvalue weighted by molar-refractivity contribution is 5.64. The lowest BCUT2D eigenvalue weighted by Gasteiger charge is -2.24. The summed E-state index contributed by atoms with van der Waals surface area (Å²) in [6.07, 6.45) is 4.05. The molecular weight excluding hydrogens is 228 g/mol. The second kappa shape index (κ2) is 5.42. The fourth-order valence-electron chi connectivity index (χ4n) is 1.84. The maximum Gasteiger partial charge on any atom is 0.514 e. The average molecular weight is 248 g/mol. The predicted molar refractivity (Wildman–Crippen MR) is 69.6 cm³/mol. The fourth-order valence-corrected chi connectivity index (χ4v) is 1.84. The molecule has 0 atom stereocenters. The Morgan fingerprint density at radius 2 is 1.94 bits per heavy atom. The van der Waals surface area contributed by atoms with Crippen molar-refractivity contribution in [2.24, 2.45) is 5.92 Å². The van der Waals surface area contributed by atoms with Crippen molar-refractivity contribution in [1.82, 2.24) is 0 Å². The molecule has 0 radical (unpaired) electrons. The van der Waals surface area contributed by atoms with Crippen LogP contribution in [0, 0.1) is 5.92 Å². The molecule has 1 aliphatic rings. The van der Waals surface area contributed by atoms with Gasteiger partial charge in [0.15, 0.2) is 0 Å². The molecule has 3 nitrogen and oxygen atoms in total. The molecule has 1 aromatic rings. The van der Waals surface area contributed by atoms with Crippen LogP contribution in [0.2, 0.25) is 0 Å². The second-order valence-corrected chi connectivity index (χ2v) is 5.51. The number of hydrogen-bond acceptors (Lipinski definition) is 3. The molecule has 18 heavy (non-hydrogen) atoms. The Morgan fingerprint density at radius 3 is 2.56 bits per heavy atom. The summed E-state index contributed by atoms with van der Waals surface area (Å²) < 4.78 is 10.5. The van der Waals surface area contributed by atoms with E-state index in [4.69, 9.17) is 9.47 Å². The summed E-state index contributed by atoms with van der Waals surface area (Å²) in [7, 11) is 0. The zero-order valence-electron chi connectivity index (χ0n) is 11.0. The summed E-state index contributed by atoms with van der Waals surface area (Å²) in [5.74, 6) is 1.36. The summed E-state index contributed by atoms with van der Waals surface area (Å²) in [5.41, 5.74) is -0.450. The number of ether oxygens (including phenoxy) is 2. The van der Waals surface area contributed by atoms with Gasteiger partial charge in [-0.1, -0.05) is 31.0 Å². The van der Waals surface area contributed by atoms with Gasteiger partial charge in [-0.25, -0.2) is 4.79 Å². The monoisotopic (exact) mass is 248 g/mol. The van der Waals surface area contributed by atoms with Crippen molar-refractivity contribution in [2.75, 3.05) is 0 Å². The Balaban J connectivity index is 1.78. The minimum absolute atomic E-state index is 0.450. The lowest BCUT2D eigenvalue weighted by atomic mass is 10.0. The number of para-hydroxylation sites is 1. The number of hydrogen-bond donors (Lipinski definition) is 0. The highest BCUT2D eigenvalue weighted by Crippen LogP contribution is 2.36. The van der Waals surface area contributed by atoms with Crippen LogP contribution in [0.5, 0.6) is 5.75 Å². The Hall–Kier alpha value is -1.51. The van der Waals surface area contributed by atoms with E-state index in [-0.39, 0.29) is 0 Å². The van der Waals surface area contributed by atoms with Gasteiger partial charge >= 0.3 is 6.16 Å². The minimum Gasteiger partial charge on any atom is -0.428 e. The molecular formula is C15H20O3. The highest BCUT2D eigenvalue weighted by Gasteiger charge is 2.29. The van der Waals surface area contributed by atoms with E-state index in [0.29, 0.717) is 5.75 Å². The molecule has 98 valence electrons. The Labute approximate surface area is 108 Å². The Kier molecular flexibility index (Phi) is 3.90.